The van der Waals surface area contributed by atoms with Crippen LogP contribution in [0.5, 0.6) is 0 Å². The van der Waals surface area contributed by atoms with Crippen LogP contribution in [0.2, 0.25) is 0 Å². The number of aryl methyl sites for hydroxylation is 1. The van der Waals surface area contributed by atoms with E-state index < -0.39 is 6.10 Å². The fourth-order valence-electron chi connectivity index (χ4n) is 3.44. The SMILES string of the molecule is CCNC(=NCC(O)c1ccco1)NC1CCCN(c2cc(C)ccc2F)C1.I. The molecule has 2 atom stereocenters. The number of guanidine groups is 1. The van der Waals surface area contributed by atoms with Crippen molar-refractivity contribution in [1.29, 1.82) is 0 Å². The molecule has 160 valence electrons. The van der Waals surface area contributed by atoms with Gasteiger partial charge in [-0.05, 0) is 56.5 Å². The Morgan fingerprint density at radius 2 is 2.24 bits per heavy atom. The molecular weight excluding hydrogens is 486 g/mol. The molecule has 6 nitrogen and oxygen atoms in total. The van der Waals surface area contributed by atoms with Gasteiger partial charge in [0.1, 0.15) is 17.7 Å². The van der Waals surface area contributed by atoms with Gasteiger partial charge in [-0.15, -0.1) is 24.0 Å². The summed E-state index contributed by atoms with van der Waals surface area (Å²) in [6.07, 6.45) is 2.70. The third kappa shape index (κ3) is 6.60. The summed E-state index contributed by atoms with van der Waals surface area (Å²) in [5.74, 6) is 0.955. The molecule has 0 saturated carbocycles. The molecule has 1 aromatic carbocycles. The number of nitrogens with zero attached hydrogens (tertiary/aromatic N) is 2. The van der Waals surface area contributed by atoms with Gasteiger partial charge in [0.25, 0.3) is 0 Å². The van der Waals surface area contributed by atoms with Gasteiger partial charge in [0.2, 0.25) is 0 Å². The normalized spacial score (nSPS) is 18.1. The first-order chi connectivity index (χ1) is 13.6. The number of anilines is 1. The molecule has 1 aliphatic rings. The predicted octanol–water partition coefficient (Wildman–Crippen LogP) is 3.60. The number of piperidine rings is 1. The Morgan fingerprint density at radius 1 is 1.41 bits per heavy atom. The number of nitrogens with one attached hydrogen (secondary N) is 2. The number of furan rings is 1. The van der Waals surface area contributed by atoms with E-state index in [1.807, 2.05) is 19.9 Å². The van der Waals surface area contributed by atoms with Gasteiger partial charge in [0.05, 0.1) is 18.5 Å². The zero-order valence-corrected chi connectivity index (χ0v) is 19.2. The van der Waals surface area contributed by atoms with Crippen molar-refractivity contribution >= 4 is 35.6 Å². The van der Waals surface area contributed by atoms with E-state index in [2.05, 4.69) is 20.5 Å². The number of aliphatic hydroxyl groups excluding tert-OH is 1. The van der Waals surface area contributed by atoms with Gasteiger partial charge >= 0.3 is 0 Å². The number of rotatable bonds is 6. The van der Waals surface area contributed by atoms with E-state index in [1.54, 1.807) is 18.2 Å². The second-order valence-corrected chi connectivity index (χ2v) is 7.14. The molecule has 0 amide bonds. The Kier molecular flexibility index (Phi) is 9.22. The average molecular weight is 516 g/mol. The van der Waals surface area contributed by atoms with Crippen molar-refractivity contribution < 1.29 is 13.9 Å². The molecule has 2 unspecified atom stereocenters. The Bertz CT molecular complexity index is 785. The number of hydrogen-bond acceptors (Lipinski definition) is 4. The molecule has 29 heavy (non-hydrogen) atoms. The van der Waals surface area contributed by atoms with Crippen molar-refractivity contribution in [1.82, 2.24) is 10.6 Å². The zero-order valence-electron chi connectivity index (χ0n) is 16.9. The van der Waals surface area contributed by atoms with Crippen LogP contribution >= 0.6 is 24.0 Å². The molecule has 2 aromatic rings. The highest BCUT2D eigenvalue weighted by Crippen LogP contribution is 2.24. The summed E-state index contributed by atoms with van der Waals surface area (Å²) in [5, 5.41) is 16.8. The molecule has 2 heterocycles. The quantitative estimate of drug-likeness (QED) is 0.311. The third-order valence-corrected chi connectivity index (χ3v) is 4.84. The van der Waals surface area contributed by atoms with E-state index in [9.17, 15) is 9.50 Å². The molecule has 1 aromatic heterocycles. The average Bonchev–Trinajstić information content (AvgIpc) is 3.23. The van der Waals surface area contributed by atoms with Gasteiger partial charge in [0, 0.05) is 25.7 Å². The van der Waals surface area contributed by atoms with Crippen molar-refractivity contribution in [3.8, 4) is 0 Å². The molecule has 8 heteroatoms. The first kappa shape index (κ1) is 23.5. The summed E-state index contributed by atoms with van der Waals surface area (Å²) in [6.45, 7) is 6.42. The zero-order chi connectivity index (χ0) is 19.9. The highest BCUT2D eigenvalue weighted by molar-refractivity contribution is 14.0. The van der Waals surface area contributed by atoms with Crippen LogP contribution < -0.4 is 15.5 Å². The van der Waals surface area contributed by atoms with Crippen molar-refractivity contribution in [2.24, 2.45) is 4.99 Å². The van der Waals surface area contributed by atoms with E-state index in [4.69, 9.17) is 4.42 Å². The van der Waals surface area contributed by atoms with E-state index >= 15 is 0 Å². The third-order valence-electron chi connectivity index (χ3n) is 4.84. The fourth-order valence-corrected chi connectivity index (χ4v) is 3.44. The molecule has 3 N–H and O–H groups in total. The summed E-state index contributed by atoms with van der Waals surface area (Å²) in [7, 11) is 0. The molecule has 1 saturated heterocycles. The van der Waals surface area contributed by atoms with Crippen LogP contribution in [-0.2, 0) is 0 Å². The molecule has 1 fully saturated rings. The van der Waals surface area contributed by atoms with Gasteiger partial charge in [-0.2, -0.15) is 0 Å². The van der Waals surface area contributed by atoms with Gasteiger partial charge in [0.15, 0.2) is 5.96 Å². The molecule has 3 rings (SSSR count). The van der Waals surface area contributed by atoms with Crippen LogP contribution in [-0.4, -0.2) is 43.3 Å². The Morgan fingerprint density at radius 3 is 2.97 bits per heavy atom. The van der Waals surface area contributed by atoms with E-state index in [0.717, 1.165) is 24.9 Å². The summed E-state index contributed by atoms with van der Waals surface area (Å²) in [5.41, 5.74) is 1.70. The highest BCUT2D eigenvalue weighted by Gasteiger charge is 2.23. The Balaban J connectivity index is 0.00000300. The van der Waals surface area contributed by atoms with Crippen molar-refractivity contribution in [2.75, 3.05) is 31.1 Å². The van der Waals surface area contributed by atoms with Gasteiger partial charge in [-0.3, -0.25) is 4.99 Å². The maximum absolute atomic E-state index is 14.3. The van der Waals surface area contributed by atoms with E-state index in [0.29, 0.717) is 30.5 Å². The lowest BCUT2D eigenvalue weighted by Crippen LogP contribution is -2.51. The maximum atomic E-state index is 14.3. The summed E-state index contributed by atoms with van der Waals surface area (Å²) in [4.78, 5) is 6.57. The van der Waals surface area contributed by atoms with E-state index in [-0.39, 0.29) is 42.4 Å². The predicted molar refractivity (Wildman–Crippen MR) is 125 cm³/mol. The number of hydrogen-bond donors (Lipinski definition) is 3. The first-order valence-electron chi connectivity index (χ1n) is 9.84. The molecule has 1 aliphatic heterocycles. The van der Waals surface area contributed by atoms with Gasteiger partial charge < -0.3 is 25.1 Å². The monoisotopic (exact) mass is 516 g/mol. The Labute approximate surface area is 188 Å². The lowest BCUT2D eigenvalue weighted by molar-refractivity contribution is 0.158. The minimum atomic E-state index is -0.783. The van der Waals surface area contributed by atoms with Crippen molar-refractivity contribution in [3.05, 3.63) is 53.7 Å². The molecule has 0 spiro atoms. The highest BCUT2D eigenvalue weighted by atomic mass is 127. The standard InChI is InChI=1S/C21H29FN4O2.HI/c1-3-23-21(24-13-19(27)20-7-5-11-28-20)25-16-6-4-10-26(14-16)18-12-15(2)8-9-17(18)22;/h5,7-9,11-12,16,19,27H,3-4,6,10,13-14H2,1-2H3,(H2,23,24,25);1H. The van der Waals surface area contributed by atoms with Crippen LogP contribution in [0, 0.1) is 12.7 Å². The molecule has 0 radical (unpaired) electrons. The Hall–Kier alpha value is -1.81. The van der Waals surface area contributed by atoms with Crippen LogP contribution in [0.4, 0.5) is 10.1 Å². The second-order valence-electron chi connectivity index (χ2n) is 7.14. The van der Waals surface area contributed by atoms with Crippen LogP contribution in [0.25, 0.3) is 0 Å². The summed E-state index contributed by atoms with van der Waals surface area (Å²) < 4.78 is 19.5. The topological polar surface area (TPSA) is 73.0 Å². The van der Waals surface area contributed by atoms with Crippen LogP contribution in [0.15, 0.2) is 46.0 Å². The number of halogens is 2. The van der Waals surface area contributed by atoms with Crippen LogP contribution in [0.3, 0.4) is 0 Å². The molecule has 0 bridgehead atoms. The lowest BCUT2D eigenvalue weighted by Gasteiger charge is -2.35. The minimum absolute atomic E-state index is 0. The van der Waals surface area contributed by atoms with Crippen LogP contribution in [0.1, 0.15) is 37.2 Å². The molecule has 0 aliphatic carbocycles. The maximum Gasteiger partial charge on any atom is 0.191 e. The van der Waals surface area contributed by atoms with Gasteiger partial charge in [-0.25, -0.2) is 4.39 Å². The molecular formula is C21H30FIN4O2. The minimum Gasteiger partial charge on any atom is -0.467 e. The van der Waals surface area contributed by atoms with E-state index in [1.165, 1.54) is 12.3 Å². The fraction of sp³-hybridized carbons (Fsp3) is 0.476. The largest absolute Gasteiger partial charge is 0.467 e. The number of benzene rings is 1. The summed E-state index contributed by atoms with van der Waals surface area (Å²) >= 11 is 0. The van der Waals surface area contributed by atoms with Gasteiger partial charge in [-0.1, -0.05) is 6.07 Å². The van der Waals surface area contributed by atoms with Crippen molar-refractivity contribution in [2.45, 2.75) is 38.8 Å². The smallest absolute Gasteiger partial charge is 0.191 e. The number of aliphatic hydroxyl groups is 1. The van der Waals surface area contributed by atoms with Crippen molar-refractivity contribution in [3.63, 3.8) is 0 Å². The lowest BCUT2D eigenvalue weighted by atomic mass is 10.0. The number of aliphatic imine (C=N–C) groups is 1. The second kappa shape index (κ2) is 11.4. The first-order valence-corrected chi connectivity index (χ1v) is 9.84. The summed E-state index contributed by atoms with van der Waals surface area (Å²) in [6, 6.07) is 8.84.